The normalized spacial score (nSPS) is 18.1. The Bertz CT molecular complexity index is 959. The molecule has 5 nitrogen and oxygen atoms in total. The zero-order valence-corrected chi connectivity index (χ0v) is 19.7. The monoisotopic (exact) mass is 461 g/mol. The molecule has 1 saturated heterocycles. The molecule has 0 aliphatic carbocycles. The van der Waals surface area contributed by atoms with Crippen LogP contribution in [-0.4, -0.2) is 38.7 Å². The molecule has 0 saturated carbocycles. The van der Waals surface area contributed by atoms with Crippen molar-refractivity contribution in [3.63, 3.8) is 0 Å². The zero-order valence-electron chi connectivity index (χ0n) is 18.9. The number of carbonyl (C=O) groups excluding carboxylic acids is 1. The molecule has 3 N–H and O–H groups in total. The number of nitrogens with one attached hydrogen (secondary N) is 3. The maximum atomic E-state index is 13.1. The lowest BCUT2D eigenvalue weighted by atomic mass is 9.90. The fourth-order valence-electron chi connectivity index (χ4n) is 4.17. The van der Waals surface area contributed by atoms with Gasteiger partial charge in [-0.25, -0.2) is 0 Å². The highest BCUT2D eigenvalue weighted by molar-refractivity contribution is 7.97. The third-order valence-corrected chi connectivity index (χ3v) is 6.97. The Labute approximate surface area is 200 Å². The first-order valence-corrected chi connectivity index (χ1v) is 12.2. The maximum Gasteiger partial charge on any atom is 0.224 e. The van der Waals surface area contributed by atoms with Gasteiger partial charge in [-0.1, -0.05) is 60.7 Å². The second-order valence-electron chi connectivity index (χ2n) is 8.30. The summed E-state index contributed by atoms with van der Waals surface area (Å²) >= 11 is 1.60. The molecule has 172 valence electrons. The van der Waals surface area contributed by atoms with E-state index in [4.69, 9.17) is 4.74 Å². The average Bonchev–Trinajstić information content (AvgIpc) is 2.89. The Morgan fingerprint density at radius 2 is 1.61 bits per heavy atom. The molecule has 3 aromatic carbocycles. The van der Waals surface area contributed by atoms with Crippen molar-refractivity contribution < 1.29 is 9.53 Å². The third kappa shape index (κ3) is 6.60. The lowest BCUT2D eigenvalue weighted by Crippen LogP contribution is -2.49. The minimum absolute atomic E-state index is 0.0556. The molecule has 1 heterocycles. The van der Waals surface area contributed by atoms with Gasteiger partial charge in [-0.3, -0.25) is 9.52 Å². The molecule has 0 aromatic heterocycles. The van der Waals surface area contributed by atoms with Crippen LogP contribution in [0.3, 0.4) is 0 Å². The van der Waals surface area contributed by atoms with Crippen LogP contribution in [0.2, 0.25) is 0 Å². The van der Waals surface area contributed by atoms with Gasteiger partial charge in [-0.05, 0) is 53.8 Å². The number of amides is 1. The van der Waals surface area contributed by atoms with Gasteiger partial charge in [0.2, 0.25) is 5.91 Å². The number of rotatable bonds is 9. The van der Waals surface area contributed by atoms with Gasteiger partial charge in [0.25, 0.3) is 0 Å². The molecule has 0 spiro atoms. The quantitative estimate of drug-likeness (QED) is 0.417. The fourth-order valence-corrected chi connectivity index (χ4v) is 4.93. The number of piperidine rings is 1. The number of hydrogen-bond donors (Lipinski definition) is 3. The average molecular weight is 462 g/mol. The lowest BCUT2D eigenvalue weighted by molar-refractivity contribution is -0.125. The molecule has 6 heteroatoms. The van der Waals surface area contributed by atoms with Gasteiger partial charge in [0.05, 0.1) is 13.0 Å². The second-order valence-corrected chi connectivity index (χ2v) is 9.21. The fraction of sp³-hybridized carbons (Fsp3) is 0.296. The van der Waals surface area contributed by atoms with E-state index in [0.717, 1.165) is 23.6 Å². The highest BCUT2D eigenvalue weighted by Gasteiger charge is 2.27. The van der Waals surface area contributed by atoms with Gasteiger partial charge in [0.1, 0.15) is 5.75 Å². The van der Waals surface area contributed by atoms with Gasteiger partial charge in [0.15, 0.2) is 0 Å². The van der Waals surface area contributed by atoms with E-state index in [9.17, 15) is 4.79 Å². The van der Waals surface area contributed by atoms with Crippen LogP contribution in [0.25, 0.3) is 0 Å². The molecular weight excluding hydrogens is 430 g/mol. The van der Waals surface area contributed by atoms with Crippen molar-refractivity contribution in [3.05, 3.63) is 96.1 Å². The largest absolute Gasteiger partial charge is 0.497 e. The molecule has 1 aliphatic heterocycles. The van der Waals surface area contributed by atoms with Crippen molar-refractivity contribution in [2.45, 2.75) is 23.3 Å². The van der Waals surface area contributed by atoms with Crippen LogP contribution in [0, 0.1) is 5.92 Å². The summed E-state index contributed by atoms with van der Waals surface area (Å²) in [6.07, 6.45) is 0.809. The Morgan fingerprint density at radius 3 is 2.21 bits per heavy atom. The van der Waals surface area contributed by atoms with E-state index in [1.165, 1.54) is 11.1 Å². The number of hydrogen-bond acceptors (Lipinski definition) is 5. The Balaban J connectivity index is 1.32. The second kappa shape index (κ2) is 11.9. The topological polar surface area (TPSA) is 62.4 Å². The van der Waals surface area contributed by atoms with Gasteiger partial charge in [-0.2, -0.15) is 0 Å². The van der Waals surface area contributed by atoms with Gasteiger partial charge in [-0.15, -0.1) is 0 Å². The third-order valence-electron chi connectivity index (χ3n) is 6.01. The molecule has 1 amide bonds. The minimum atomic E-state index is -0.0556. The van der Waals surface area contributed by atoms with E-state index in [-0.39, 0.29) is 23.8 Å². The molecule has 0 radical (unpaired) electrons. The highest BCUT2D eigenvalue weighted by atomic mass is 32.2. The summed E-state index contributed by atoms with van der Waals surface area (Å²) in [5.41, 5.74) is 2.42. The Morgan fingerprint density at radius 1 is 0.970 bits per heavy atom. The summed E-state index contributed by atoms with van der Waals surface area (Å²) in [7, 11) is 1.67. The van der Waals surface area contributed by atoms with Gasteiger partial charge in [0, 0.05) is 36.5 Å². The summed E-state index contributed by atoms with van der Waals surface area (Å²) in [4.78, 5) is 14.2. The molecule has 33 heavy (non-hydrogen) atoms. The molecule has 0 unspecified atom stereocenters. The molecule has 1 aliphatic rings. The Hall–Kier alpha value is -2.80. The maximum absolute atomic E-state index is 13.1. The zero-order chi connectivity index (χ0) is 22.9. The van der Waals surface area contributed by atoms with Crippen molar-refractivity contribution >= 4 is 17.9 Å². The smallest absolute Gasteiger partial charge is 0.224 e. The molecule has 3 aromatic rings. The summed E-state index contributed by atoms with van der Waals surface area (Å²) in [5, 5.41) is 6.64. The van der Waals surface area contributed by atoms with Crippen LogP contribution in [-0.2, 0) is 4.79 Å². The number of carbonyl (C=O) groups is 1. The summed E-state index contributed by atoms with van der Waals surface area (Å²) in [6, 6.07) is 29.0. The van der Waals surface area contributed by atoms with Gasteiger partial charge < -0.3 is 15.4 Å². The molecule has 4 rings (SSSR count). The summed E-state index contributed by atoms with van der Waals surface area (Å²) in [6.45, 7) is 2.14. The minimum Gasteiger partial charge on any atom is -0.497 e. The molecule has 2 atom stereocenters. The molecule has 1 fully saturated rings. The van der Waals surface area contributed by atoms with Crippen LogP contribution < -0.4 is 20.1 Å². The van der Waals surface area contributed by atoms with E-state index < -0.39 is 0 Å². The highest BCUT2D eigenvalue weighted by Crippen LogP contribution is 2.25. The SMILES string of the molecule is COc1ccc(SN[C@H]2CNC[C@@H](C(=O)NCC(c3ccccc3)c3ccccc3)C2)cc1. The van der Waals surface area contributed by atoms with Crippen LogP contribution in [0.4, 0.5) is 0 Å². The number of ether oxygens (including phenoxy) is 1. The predicted molar refractivity (Wildman–Crippen MR) is 134 cm³/mol. The van der Waals surface area contributed by atoms with Crippen LogP contribution in [0.1, 0.15) is 23.5 Å². The standard InChI is InChI=1S/C27H31N3O2S/c1-32-24-12-14-25(15-13-24)33-30-23-16-22(17-28-18-23)27(31)29-19-26(20-8-4-2-5-9-20)21-10-6-3-7-11-21/h2-15,22-23,26,28,30H,16-19H2,1H3,(H,29,31)/t22-,23+/m0/s1. The van der Waals surface area contributed by atoms with Crippen LogP contribution >= 0.6 is 11.9 Å². The van der Waals surface area contributed by atoms with E-state index >= 15 is 0 Å². The first-order chi connectivity index (χ1) is 16.2. The lowest BCUT2D eigenvalue weighted by Gasteiger charge is -2.30. The predicted octanol–water partition coefficient (Wildman–Crippen LogP) is 4.22. The van der Waals surface area contributed by atoms with Crippen LogP contribution in [0.15, 0.2) is 89.8 Å². The molecular formula is C27H31N3O2S. The first kappa shape index (κ1) is 23.4. The van der Waals surface area contributed by atoms with E-state index in [1.54, 1.807) is 19.1 Å². The van der Waals surface area contributed by atoms with Crippen LogP contribution in [0.5, 0.6) is 5.75 Å². The molecule has 0 bridgehead atoms. The van der Waals surface area contributed by atoms with Crippen molar-refractivity contribution in [3.8, 4) is 5.75 Å². The van der Waals surface area contributed by atoms with Crippen molar-refractivity contribution in [1.29, 1.82) is 0 Å². The van der Waals surface area contributed by atoms with E-state index in [2.05, 4.69) is 63.9 Å². The van der Waals surface area contributed by atoms with E-state index in [1.807, 2.05) is 36.4 Å². The van der Waals surface area contributed by atoms with E-state index in [0.29, 0.717) is 13.1 Å². The number of methoxy groups -OCH3 is 1. The summed E-state index contributed by atoms with van der Waals surface area (Å²) in [5.74, 6) is 1.03. The van der Waals surface area contributed by atoms with Gasteiger partial charge >= 0.3 is 0 Å². The van der Waals surface area contributed by atoms with Crippen molar-refractivity contribution in [2.75, 3.05) is 26.7 Å². The van der Waals surface area contributed by atoms with Crippen molar-refractivity contribution in [2.24, 2.45) is 5.92 Å². The number of benzene rings is 3. The Kier molecular flexibility index (Phi) is 8.41. The summed E-state index contributed by atoms with van der Waals surface area (Å²) < 4.78 is 8.73. The van der Waals surface area contributed by atoms with Crippen molar-refractivity contribution in [1.82, 2.24) is 15.4 Å². The first-order valence-electron chi connectivity index (χ1n) is 11.4.